The number of ether oxygens (including phenoxy) is 1. The Labute approximate surface area is 174 Å². The van der Waals surface area contributed by atoms with E-state index in [1.165, 1.54) is 0 Å². The molecule has 0 aliphatic carbocycles. The summed E-state index contributed by atoms with van der Waals surface area (Å²) in [5, 5.41) is 7.19. The molecule has 0 fully saturated rings. The Hall–Kier alpha value is -2.82. The third-order valence-corrected chi connectivity index (χ3v) is 5.26. The Morgan fingerprint density at radius 2 is 1.93 bits per heavy atom. The number of pyridine rings is 1. The number of hydrogen-bond donors (Lipinski definition) is 2. The topological polar surface area (TPSA) is 63.2 Å². The first-order valence-corrected chi connectivity index (χ1v) is 10.3. The number of nitrogens with zero attached hydrogens (tertiary/aromatic N) is 1. The predicted octanol–water partition coefficient (Wildman–Crippen LogP) is 5.73. The molecule has 0 spiro atoms. The van der Waals surface area contributed by atoms with Crippen molar-refractivity contribution < 1.29 is 9.53 Å². The highest BCUT2D eigenvalue weighted by Crippen LogP contribution is 2.32. The van der Waals surface area contributed by atoms with Gasteiger partial charge in [0, 0.05) is 24.0 Å². The van der Waals surface area contributed by atoms with E-state index in [1.54, 1.807) is 0 Å². The van der Waals surface area contributed by atoms with E-state index in [-0.39, 0.29) is 11.5 Å². The van der Waals surface area contributed by atoms with Crippen molar-refractivity contribution in [2.24, 2.45) is 0 Å². The van der Waals surface area contributed by atoms with Gasteiger partial charge in [-0.2, -0.15) is 0 Å². The van der Waals surface area contributed by atoms with Crippen molar-refractivity contribution in [1.29, 1.82) is 0 Å². The number of carbonyl (C=O) groups excluding carboxylic acids is 1. The van der Waals surface area contributed by atoms with Gasteiger partial charge in [-0.05, 0) is 69.0 Å². The summed E-state index contributed by atoms with van der Waals surface area (Å²) >= 11 is 0. The van der Waals surface area contributed by atoms with E-state index in [0.717, 1.165) is 41.9 Å². The Balaban J connectivity index is 2.35. The number of benzene rings is 1. The molecule has 29 heavy (non-hydrogen) atoms. The molecule has 5 heteroatoms. The number of carbonyl (C=O) groups is 1. The summed E-state index contributed by atoms with van der Waals surface area (Å²) in [4.78, 5) is 16.5. The average Bonchev–Trinajstić information content (AvgIpc) is 2.72. The molecule has 0 atom stereocenters. The van der Waals surface area contributed by atoms with E-state index in [2.05, 4.69) is 42.1 Å². The Kier molecular flexibility index (Phi) is 8.25. The van der Waals surface area contributed by atoms with Gasteiger partial charge in [0.25, 0.3) is 0 Å². The Bertz CT molecular complexity index is 829. The summed E-state index contributed by atoms with van der Waals surface area (Å²) < 4.78 is 5.17. The lowest BCUT2D eigenvalue weighted by atomic mass is 9.88. The van der Waals surface area contributed by atoms with Gasteiger partial charge in [0.2, 0.25) is 0 Å². The van der Waals surface area contributed by atoms with Crippen LogP contribution in [0.2, 0.25) is 0 Å². The minimum atomic E-state index is -0.315. The zero-order chi connectivity index (χ0) is 21.3. The van der Waals surface area contributed by atoms with Crippen molar-refractivity contribution in [1.82, 2.24) is 4.98 Å². The van der Waals surface area contributed by atoms with Crippen LogP contribution in [0.15, 0.2) is 49.2 Å². The van der Waals surface area contributed by atoms with Crippen molar-refractivity contribution >= 4 is 17.3 Å². The van der Waals surface area contributed by atoms with Gasteiger partial charge in [-0.25, -0.2) is 4.79 Å². The molecule has 1 aromatic heterocycles. The second kappa shape index (κ2) is 10.6. The molecule has 2 rings (SSSR count). The Morgan fingerprint density at radius 3 is 2.55 bits per heavy atom. The highest BCUT2D eigenvalue weighted by atomic mass is 16.5. The molecule has 0 radical (unpaired) electrons. The molecule has 0 saturated carbocycles. The van der Waals surface area contributed by atoms with Gasteiger partial charge < -0.3 is 15.4 Å². The molecular weight excluding hydrogens is 362 g/mol. The molecule has 2 aromatic rings. The predicted molar refractivity (Wildman–Crippen MR) is 120 cm³/mol. The summed E-state index contributed by atoms with van der Waals surface area (Å²) in [5.41, 5.74) is 4.41. The number of aryl methyl sites for hydroxylation is 1. The minimum absolute atomic E-state index is 0.0725. The summed E-state index contributed by atoms with van der Waals surface area (Å²) in [6.07, 6.45) is 6.57. The fraction of sp³-hybridized carbons (Fsp3) is 0.417. The van der Waals surface area contributed by atoms with Crippen LogP contribution in [0, 0.1) is 6.92 Å². The van der Waals surface area contributed by atoms with Crippen LogP contribution < -0.4 is 10.6 Å². The van der Waals surface area contributed by atoms with Crippen LogP contribution in [0.5, 0.6) is 0 Å². The lowest BCUT2D eigenvalue weighted by molar-refractivity contribution is 0.0526. The first-order valence-electron chi connectivity index (χ1n) is 10.3. The number of anilines is 2. The van der Waals surface area contributed by atoms with Crippen molar-refractivity contribution in [3.05, 3.63) is 66.0 Å². The fourth-order valence-electron chi connectivity index (χ4n) is 3.38. The van der Waals surface area contributed by atoms with Crippen LogP contribution in [0.4, 0.5) is 11.4 Å². The van der Waals surface area contributed by atoms with Gasteiger partial charge in [0.1, 0.15) is 0 Å². The monoisotopic (exact) mass is 395 g/mol. The standard InChI is InChI=1S/C24H33N3O2/c1-6-13-24(7-2,8-3)27-21-11-10-20(23(28)29-9-4)16-22(21)26-17-19-12-14-25-18(5)15-19/h6,10-12,14-16,26-27H,1,7-9,13,17H2,2-5H3. The summed E-state index contributed by atoms with van der Waals surface area (Å²) in [6, 6.07) is 9.66. The van der Waals surface area contributed by atoms with Crippen LogP contribution >= 0.6 is 0 Å². The van der Waals surface area contributed by atoms with Gasteiger partial charge in [-0.15, -0.1) is 6.58 Å². The normalized spacial score (nSPS) is 11.0. The van der Waals surface area contributed by atoms with Crippen molar-refractivity contribution in [3.8, 4) is 0 Å². The Morgan fingerprint density at radius 1 is 1.17 bits per heavy atom. The molecule has 0 amide bonds. The van der Waals surface area contributed by atoms with Crippen molar-refractivity contribution in [2.75, 3.05) is 17.2 Å². The lowest BCUT2D eigenvalue weighted by Crippen LogP contribution is -2.36. The number of rotatable bonds is 11. The third-order valence-electron chi connectivity index (χ3n) is 5.26. The third kappa shape index (κ3) is 6.08. The van der Waals surface area contributed by atoms with Crippen LogP contribution in [0.25, 0.3) is 0 Å². The molecule has 156 valence electrons. The van der Waals surface area contributed by atoms with Gasteiger partial charge >= 0.3 is 5.97 Å². The van der Waals surface area contributed by atoms with E-state index in [0.29, 0.717) is 18.7 Å². The van der Waals surface area contributed by atoms with Gasteiger partial charge in [-0.1, -0.05) is 19.9 Å². The molecule has 0 unspecified atom stereocenters. The summed E-state index contributed by atoms with van der Waals surface area (Å²) in [5.74, 6) is -0.315. The maximum atomic E-state index is 12.2. The highest BCUT2D eigenvalue weighted by Gasteiger charge is 2.25. The SMILES string of the molecule is C=CCC(CC)(CC)Nc1ccc(C(=O)OCC)cc1NCc1ccnc(C)c1. The van der Waals surface area contributed by atoms with E-state index in [4.69, 9.17) is 4.74 Å². The molecule has 5 nitrogen and oxygen atoms in total. The van der Waals surface area contributed by atoms with E-state index in [9.17, 15) is 4.79 Å². The van der Waals surface area contributed by atoms with Crippen molar-refractivity contribution in [2.45, 2.75) is 59.0 Å². The lowest BCUT2D eigenvalue weighted by Gasteiger charge is -2.34. The zero-order valence-corrected chi connectivity index (χ0v) is 18.0. The summed E-state index contributed by atoms with van der Waals surface area (Å²) in [7, 11) is 0. The molecule has 0 aliphatic rings. The molecule has 2 N–H and O–H groups in total. The van der Waals surface area contributed by atoms with Crippen LogP contribution in [0.1, 0.15) is 61.6 Å². The number of nitrogens with one attached hydrogen (secondary N) is 2. The molecule has 0 aliphatic heterocycles. The van der Waals surface area contributed by atoms with E-state index < -0.39 is 0 Å². The first kappa shape index (κ1) is 22.5. The molecular formula is C24H33N3O2. The smallest absolute Gasteiger partial charge is 0.338 e. The average molecular weight is 396 g/mol. The maximum absolute atomic E-state index is 12.2. The van der Waals surface area contributed by atoms with Crippen LogP contribution in [0.3, 0.4) is 0 Å². The van der Waals surface area contributed by atoms with Gasteiger partial charge in [0.05, 0.1) is 23.5 Å². The molecule has 0 bridgehead atoms. The van der Waals surface area contributed by atoms with E-state index in [1.807, 2.05) is 50.4 Å². The van der Waals surface area contributed by atoms with E-state index >= 15 is 0 Å². The van der Waals surface area contributed by atoms with Crippen LogP contribution in [-0.2, 0) is 11.3 Å². The van der Waals surface area contributed by atoms with Gasteiger partial charge in [-0.3, -0.25) is 4.98 Å². The molecule has 1 heterocycles. The van der Waals surface area contributed by atoms with Crippen molar-refractivity contribution in [3.63, 3.8) is 0 Å². The second-order valence-electron chi connectivity index (χ2n) is 7.25. The fourth-order valence-corrected chi connectivity index (χ4v) is 3.38. The maximum Gasteiger partial charge on any atom is 0.338 e. The first-order chi connectivity index (χ1) is 14.0. The minimum Gasteiger partial charge on any atom is -0.462 e. The number of hydrogen-bond acceptors (Lipinski definition) is 5. The molecule has 0 saturated heterocycles. The zero-order valence-electron chi connectivity index (χ0n) is 18.0. The summed E-state index contributed by atoms with van der Waals surface area (Å²) in [6.45, 7) is 13.1. The second-order valence-corrected chi connectivity index (χ2v) is 7.25. The number of esters is 1. The van der Waals surface area contributed by atoms with Crippen LogP contribution in [-0.4, -0.2) is 23.1 Å². The highest BCUT2D eigenvalue weighted by molar-refractivity contribution is 5.92. The molecule has 1 aromatic carbocycles. The largest absolute Gasteiger partial charge is 0.462 e. The number of aromatic nitrogens is 1. The van der Waals surface area contributed by atoms with Gasteiger partial charge in [0.15, 0.2) is 0 Å². The quantitative estimate of drug-likeness (QED) is 0.376.